The Morgan fingerprint density at radius 3 is 2.33 bits per heavy atom. The average molecular weight is 391 g/mol. The monoisotopic (exact) mass is 390 g/mol. The maximum absolute atomic E-state index is 12.1. The third-order valence-corrected chi connectivity index (χ3v) is 5.30. The number of methoxy groups -OCH3 is 1. The van der Waals surface area contributed by atoms with Gasteiger partial charge in [0.25, 0.3) is 0 Å². The lowest BCUT2D eigenvalue weighted by molar-refractivity contribution is -0.120. The van der Waals surface area contributed by atoms with Crippen LogP contribution in [0.1, 0.15) is 18.4 Å². The number of anilines is 1. The van der Waals surface area contributed by atoms with Crippen molar-refractivity contribution in [3.05, 3.63) is 60.2 Å². The zero-order chi connectivity index (χ0) is 19.7. The standard InChI is InChI=1S/C20H26N2O4S/c1-26-19-12-10-18(11-13-19)22(27(2,24)25)16-14-20(23)21-15-6-9-17-7-4-3-5-8-17/h3-5,7-8,10-13H,6,9,14-16H2,1-2H3,(H,21,23). The highest BCUT2D eigenvalue weighted by atomic mass is 32.2. The van der Waals surface area contributed by atoms with Gasteiger partial charge >= 0.3 is 0 Å². The summed E-state index contributed by atoms with van der Waals surface area (Å²) in [5, 5.41) is 2.85. The molecule has 1 amide bonds. The van der Waals surface area contributed by atoms with Crippen LogP contribution in [-0.4, -0.2) is 40.8 Å². The molecule has 2 aromatic rings. The summed E-state index contributed by atoms with van der Waals surface area (Å²) in [7, 11) is -1.93. The zero-order valence-electron chi connectivity index (χ0n) is 15.7. The number of carbonyl (C=O) groups is 1. The van der Waals surface area contributed by atoms with Gasteiger partial charge in [-0.1, -0.05) is 30.3 Å². The van der Waals surface area contributed by atoms with Crippen LogP contribution in [0.5, 0.6) is 5.75 Å². The van der Waals surface area contributed by atoms with Gasteiger partial charge in [-0.15, -0.1) is 0 Å². The van der Waals surface area contributed by atoms with E-state index in [1.807, 2.05) is 18.2 Å². The Hall–Kier alpha value is -2.54. The van der Waals surface area contributed by atoms with Crippen molar-refractivity contribution in [2.24, 2.45) is 0 Å². The number of hydrogen-bond acceptors (Lipinski definition) is 4. The molecule has 0 radical (unpaired) electrons. The fourth-order valence-electron chi connectivity index (χ4n) is 2.69. The van der Waals surface area contributed by atoms with E-state index < -0.39 is 10.0 Å². The van der Waals surface area contributed by atoms with E-state index in [-0.39, 0.29) is 18.9 Å². The van der Waals surface area contributed by atoms with Crippen LogP contribution in [-0.2, 0) is 21.2 Å². The van der Waals surface area contributed by atoms with Gasteiger partial charge in [-0.2, -0.15) is 0 Å². The Bertz CT molecular complexity index is 821. The molecule has 0 aliphatic heterocycles. The number of nitrogens with one attached hydrogen (secondary N) is 1. The summed E-state index contributed by atoms with van der Waals surface area (Å²) in [6.07, 6.45) is 2.96. The molecular weight excluding hydrogens is 364 g/mol. The molecule has 7 heteroatoms. The molecule has 2 rings (SSSR count). The summed E-state index contributed by atoms with van der Waals surface area (Å²) in [6.45, 7) is 0.658. The fraction of sp³-hybridized carbons (Fsp3) is 0.350. The highest BCUT2D eigenvalue weighted by molar-refractivity contribution is 7.92. The second-order valence-electron chi connectivity index (χ2n) is 6.22. The Kier molecular flexibility index (Phi) is 7.67. The number of hydrogen-bond donors (Lipinski definition) is 1. The first-order valence-electron chi connectivity index (χ1n) is 8.82. The van der Waals surface area contributed by atoms with E-state index >= 15 is 0 Å². The van der Waals surface area contributed by atoms with Gasteiger partial charge in [-0.25, -0.2) is 8.42 Å². The Morgan fingerprint density at radius 1 is 1.07 bits per heavy atom. The molecule has 0 saturated carbocycles. The van der Waals surface area contributed by atoms with Gasteiger partial charge in [0.15, 0.2) is 0 Å². The zero-order valence-corrected chi connectivity index (χ0v) is 16.5. The lowest BCUT2D eigenvalue weighted by atomic mass is 10.1. The summed E-state index contributed by atoms with van der Waals surface area (Å²) in [5.41, 5.74) is 1.74. The number of benzene rings is 2. The molecular formula is C20H26N2O4S. The van der Waals surface area contributed by atoms with E-state index in [9.17, 15) is 13.2 Å². The van der Waals surface area contributed by atoms with Crippen LogP contribution in [0.15, 0.2) is 54.6 Å². The summed E-state index contributed by atoms with van der Waals surface area (Å²) in [6, 6.07) is 16.8. The molecule has 0 fully saturated rings. The average Bonchev–Trinajstić information content (AvgIpc) is 2.66. The predicted molar refractivity (Wildman–Crippen MR) is 108 cm³/mol. The van der Waals surface area contributed by atoms with Crippen molar-refractivity contribution >= 4 is 21.6 Å². The molecule has 2 aromatic carbocycles. The summed E-state index contributed by atoms with van der Waals surface area (Å²) < 4.78 is 30.5. The second kappa shape index (κ2) is 9.97. The first kappa shape index (κ1) is 20.8. The largest absolute Gasteiger partial charge is 0.497 e. The van der Waals surface area contributed by atoms with E-state index in [1.165, 1.54) is 9.87 Å². The van der Waals surface area contributed by atoms with Crippen molar-refractivity contribution in [1.29, 1.82) is 0 Å². The van der Waals surface area contributed by atoms with Crippen molar-refractivity contribution in [1.82, 2.24) is 5.32 Å². The van der Waals surface area contributed by atoms with E-state index in [1.54, 1.807) is 31.4 Å². The molecule has 6 nitrogen and oxygen atoms in total. The van der Waals surface area contributed by atoms with Gasteiger partial charge in [-0.05, 0) is 42.7 Å². The van der Waals surface area contributed by atoms with E-state index in [4.69, 9.17) is 4.74 Å². The Labute approximate surface area is 161 Å². The van der Waals surface area contributed by atoms with Crippen LogP contribution >= 0.6 is 0 Å². The number of ether oxygens (including phenoxy) is 1. The van der Waals surface area contributed by atoms with Gasteiger partial charge in [0.1, 0.15) is 5.75 Å². The molecule has 0 aliphatic carbocycles. The molecule has 0 atom stereocenters. The molecule has 0 saturated heterocycles. The third-order valence-electron chi connectivity index (χ3n) is 4.11. The van der Waals surface area contributed by atoms with Gasteiger partial charge in [0.05, 0.1) is 19.1 Å². The SMILES string of the molecule is COc1ccc(N(CCC(=O)NCCCc2ccccc2)S(C)(=O)=O)cc1. The molecule has 0 spiro atoms. The molecule has 27 heavy (non-hydrogen) atoms. The first-order chi connectivity index (χ1) is 12.9. The predicted octanol–water partition coefficient (Wildman–Crippen LogP) is 2.60. The lowest BCUT2D eigenvalue weighted by Gasteiger charge is -2.22. The van der Waals surface area contributed by atoms with Crippen LogP contribution in [0.4, 0.5) is 5.69 Å². The fourth-order valence-corrected chi connectivity index (χ4v) is 3.62. The van der Waals surface area contributed by atoms with Crippen LogP contribution in [0.2, 0.25) is 0 Å². The number of amides is 1. The van der Waals surface area contributed by atoms with Crippen molar-refractivity contribution in [2.75, 3.05) is 30.8 Å². The maximum Gasteiger partial charge on any atom is 0.232 e. The molecule has 0 aliphatic rings. The number of sulfonamides is 1. The number of aryl methyl sites for hydroxylation is 1. The topological polar surface area (TPSA) is 75.7 Å². The van der Waals surface area contributed by atoms with Gasteiger partial charge in [0, 0.05) is 19.5 Å². The van der Waals surface area contributed by atoms with Gasteiger partial charge in [-0.3, -0.25) is 9.10 Å². The molecule has 0 heterocycles. The Morgan fingerprint density at radius 2 is 1.74 bits per heavy atom. The quantitative estimate of drug-likeness (QED) is 0.633. The van der Waals surface area contributed by atoms with E-state index in [0.717, 1.165) is 19.1 Å². The first-order valence-corrected chi connectivity index (χ1v) is 10.7. The van der Waals surface area contributed by atoms with Crippen molar-refractivity contribution in [3.8, 4) is 5.75 Å². The normalized spacial score (nSPS) is 11.0. The highest BCUT2D eigenvalue weighted by Crippen LogP contribution is 2.21. The minimum absolute atomic E-state index is 0.0929. The van der Waals surface area contributed by atoms with Crippen molar-refractivity contribution in [2.45, 2.75) is 19.3 Å². The number of rotatable bonds is 10. The molecule has 0 unspecified atom stereocenters. The molecule has 0 aromatic heterocycles. The number of nitrogens with zero attached hydrogens (tertiary/aromatic N) is 1. The minimum atomic E-state index is -3.48. The van der Waals surface area contributed by atoms with E-state index in [2.05, 4.69) is 17.4 Å². The van der Waals surface area contributed by atoms with Crippen LogP contribution < -0.4 is 14.4 Å². The van der Waals surface area contributed by atoms with Crippen LogP contribution in [0.25, 0.3) is 0 Å². The Balaban J connectivity index is 1.82. The number of carbonyl (C=O) groups excluding carboxylic acids is 1. The van der Waals surface area contributed by atoms with Gasteiger partial charge < -0.3 is 10.1 Å². The molecule has 1 N–H and O–H groups in total. The maximum atomic E-state index is 12.1. The third kappa shape index (κ3) is 6.94. The highest BCUT2D eigenvalue weighted by Gasteiger charge is 2.18. The van der Waals surface area contributed by atoms with Crippen LogP contribution in [0, 0.1) is 0 Å². The van der Waals surface area contributed by atoms with Crippen molar-refractivity contribution < 1.29 is 17.9 Å². The van der Waals surface area contributed by atoms with Gasteiger partial charge in [0.2, 0.25) is 15.9 Å². The van der Waals surface area contributed by atoms with Crippen molar-refractivity contribution in [3.63, 3.8) is 0 Å². The smallest absolute Gasteiger partial charge is 0.232 e. The van der Waals surface area contributed by atoms with Crippen LogP contribution in [0.3, 0.4) is 0 Å². The van der Waals surface area contributed by atoms with E-state index in [0.29, 0.717) is 18.0 Å². The molecule has 146 valence electrons. The summed E-state index contributed by atoms with van der Waals surface area (Å²) in [5.74, 6) is 0.480. The lowest BCUT2D eigenvalue weighted by Crippen LogP contribution is -2.35. The second-order valence-corrected chi connectivity index (χ2v) is 8.13. The molecule has 0 bridgehead atoms. The minimum Gasteiger partial charge on any atom is -0.497 e. The summed E-state index contributed by atoms with van der Waals surface area (Å²) in [4.78, 5) is 12.1. The summed E-state index contributed by atoms with van der Waals surface area (Å²) >= 11 is 0.